The summed E-state index contributed by atoms with van der Waals surface area (Å²) in [6.45, 7) is 11.2. The summed E-state index contributed by atoms with van der Waals surface area (Å²) in [4.78, 5) is 0. The highest BCUT2D eigenvalue weighted by Crippen LogP contribution is 2.08. The monoisotopic (exact) mass is 260 g/mol. The van der Waals surface area contributed by atoms with Gasteiger partial charge in [-0.15, -0.1) is 0 Å². The maximum absolute atomic E-state index is 5.26. The van der Waals surface area contributed by atoms with E-state index in [0.29, 0.717) is 6.04 Å². The normalized spacial score (nSPS) is 14.1. The number of rotatable bonds is 9. The van der Waals surface area contributed by atoms with E-state index in [1.165, 1.54) is 6.42 Å². The van der Waals surface area contributed by atoms with Gasteiger partial charge in [-0.1, -0.05) is 20.3 Å². The molecule has 0 aromatic heterocycles. The first-order valence-corrected chi connectivity index (χ1v) is 7.13. The van der Waals surface area contributed by atoms with E-state index in [0.717, 1.165) is 43.6 Å². The van der Waals surface area contributed by atoms with Gasteiger partial charge in [-0.25, -0.2) is 0 Å². The average molecular weight is 260 g/mol. The van der Waals surface area contributed by atoms with Crippen LogP contribution in [0.2, 0.25) is 0 Å². The van der Waals surface area contributed by atoms with Gasteiger partial charge in [-0.2, -0.15) is 0 Å². The fraction of sp³-hybridized carbons (Fsp3) is 0.923. The van der Waals surface area contributed by atoms with Crippen molar-refractivity contribution in [2.75, 3.05) is 19.8 Å². The summed E-state index contributed by atoms with van der Waals surface area (Å²) < 4.78 is 5.26. The van der Waals surface area contributed by atoms with Gasteiger partial charge in [0.1, 0.15) is 0 Å². The van der Waals surface area contributed by atoms with E-state index in [1.54, 1.807) is 0 Å². The van der Waals surface area contributed by atoms with E-state index in [4.69, 9.17) is 17.0 Å². The first-order valence-electron chi connectivity index (χ1n) is 6.72. The molecule has 0 aliphatic carbocycles. The molecule has 0 fully saturated rings. The van der Waals surface area contributed by atoms with Crippen molar-refractivity contribution in [1.29, 1.82) is 0 Å². The molecule has 0 saturated heterocycles. The van der Waals surface area contributed by atoms with E-state index >= 15 is 0 Å². The number of hydrogen-bond acceptors (Lipinski definition) is 2. The minimum absolute atomic E-state index is 0.442. The van der Waals surface area contributed by atoms with Crippen molar-refractivity contribution in [1.82, 2.24) is 10.6 Å². The third-order valence-corrected chi connectivity index (χ3v) is 3.05. The van der Waals surface area contributed by atoms with Crippen LogP contribution in [0.1, 0.15) is 47.0 Å². The van der Waals surface area contributed by atoms with Crippen LogP contribution in [-0.4, -0.2) is 30.9 Å². The van der Waals surface area contributed by atoms with Crippen LogP contribution in [0.25, 0.3) is 0 Å². The van der Waals surface area contributed by atoms with Gasteiger partial charge in [0.05, 0.1) is 0 Å². The molecule has 17 heavy (non-hydrogen) atoms. The Morgan fingerprint density at radius 1 is 1.29 bits per heavy atom. The highest BCUT2D eigenvalue weighted by atomic mass is 32.1. The smallest absolute Gasteiger partial charge is 0.166 e. The van der Waals surface area contributed by atoms with Crippen LogP contribution in [0.15, 0.2) is 0 Å². The zero-order valence-corrected chi connectivity index (χ0v) is 12.5. The molecular formula is C13H28N2OS. The van der Waals surface area contributed by atoms with Crippen LogP contribution in [0.4, 0.5) is 0 Å². The molecule has 2 unspecified atom stereocenters. The zero-order chi connectivity index (χ0) is 13.1. The van der Waals surface area contributed by atoms with Crippen LogP contribution in [0.3, 0.4) is 0 Å². The van der Waals surface area contributed by atoms with E-state index < -0.39 is 0 Å². The Kier molecular flexibility index (Phi) is 10.6. The van der Waals surface area contributed by atoms with Crippen molar-refractivity contribution in [3.8, 4) is 0 Å². The predicted molar refractivity (Wildman–Crippen MR) is 78.4 cm³/mol. The molecule has 0 saturated carbocycles. The van der Waals surface area contributed by atoms with Gasteiger partial charge in [-0.05, 0) is 44.8 Å². The van der Waals surface area contributed by atoms with Gasteiger partial charge in [-0.3, -0.25) is 0 Å². The second-order valence-electron chi connectivity index (χ2n) is 4.60. The fourth-order valence-corrected chi connectivity index (χ4v) is 1.93. The maximum atomic E-state index is 5.26. The molecule has 0 radical (unpaired) electrons. The lowest BCUT2D eigenvalue weighted by atomic mass is 10.0. The van der Waals surface area contributed by atoms with Crippen molar-refractivity contribution in [2.45, 2.75) is 53.0 Å². The molecule has 0 rings (SSSR count). The third-order valence-electron chi connectivity index (χ3n) is 2.79. The molecule has 2 atom stereocenters. The lowest BCUT2D eigenvalue weighted by Crippen LogP contribution is -2.41. The minimum atomic E-state index is 0.442. The summed E-state index contributed by atoms with van der Waals surface area (Å²) in [5.74, 6) is 0.748. The van der Waals surface area contributed by atoms with Gasteiger partial charge in [0.2, 0.25) is 0 Å². The van der Waals surface area contributed by atoms with Crippen LogP contribution in [0, 0.1) is 5.92 Å². The summed E-state index contributed by atoms with van der Waals surface area (Å²) in [5, 5.41) is 7.28. The molecule has 0 aliphatic rings. The molecule has 0 heterocycles. The standard InChI is InChI=1S/C13H28N2OS/c1-5-11(3)10-12(4)15-13(17)14-8-7-9-16-6-2/h11-12H,5-10H2,1-4H3,(H2,14,15,17). The summed E-state index contributed by atoms with van der Waals surface area (Å²) in [6, 6.07) is 0.442. The predicted octanol–water partition coefficient (Wildman–Crippen LogP) is 2.70. The highest BCUT2D eigenvalue weighted by molar-refractivity contribution is 7.80. The molecule has 2 N–H and O–H groups in total. The first kappa shape index (κ1) is 16.6. The molecule has 3 nitrogen and oxygen atoms in total. The molecule has 0 aromatic rings. The zero-order valence-electron chi connectivity index (χ0n) is 11.7. The van der Waals surface area contributed by atoms with Crippen molar-refractivity contribution >= 4 is 17.3 Å². The molecule has 0 aromatic carbocycles. The van der Waals surface area contributed by atoms with Gasteiger partial charge in [0, 0.05) is 25.8 Å². The lowest BCUT2D eigenvalue weighted by molar-refractivity contribution is 0.145. The SMILES string of the molecule is CCOCCCNC(=S)NC(C)CC(C)CC. The Hall–Kier alpha value is -0.350. The molecule has 102 valence electrons. The average Bonchev–Trinajstić information content (AvgIpc) is 2.28. The van der Waals surface area contributed by atoms with E-state index in [1.807, 2.05) is 6.92 Å². The van der Waals surface area contributed by atoms with Crippen LogP contribution < -0.4 is 10.6 Å². The summed E-state index contributed by atoms with van der Waals surface area (Å²) in [5.41, 5.74) is 0. The molecule has 0 aliphatic heterocycles. The summed E-state index contributed by atoms with van der Waals surface area (Å²) >= 11 is 5.23. The van der Waals surface area contributed by atoms with Crippen LogP contribution in [-0.2, 0) is 4.74 Å². The molecule has 0 amide bonds. The Morgan fingerprint density at radius 2 is 2.00 bits per heavy atom. The van der Waals surface area contributed by atoms with Crippen LogP contribution >= 0.6 is 12.2 Å². The topological polar surface area (TPSA) is 33.3 Å². The van der Waals surface area contributed by atoms with Gasteiger partial charge in [0.25, 0.3) is 0 Å². The van der Waals surface area contributed by atoms with Crippen molar-refractivity contribution in [2.24, 2.45) is 5.92 Å². The van der Waals surface area contributed by atoms with Crippen molar-refractivity contribution in [3.63, 3.8) is 0 Å². The summed E-state index contributed by atoms with van der Waals surface area (Å²) in [6.07, 6.45) is 3.38. The van der Waals surface area contributed by atoms with E-state index in [2.05, 4.69) is 31.4 Å². The second-order valence-corrected chi connectivity index (χ2v) is 5.01. The number of hydrogen-bond donors (Lipinski definition) is 2. The maximum Gasteiger partial charge on any atom is 0.166 e. The number of nitrogens with one attached hydrogen (secondary N) is 2. The molecular weight excluding hydrogens is 232 g/mol. The quantitative estimate of drug-likeness (QED) is 0.493. The minimum Gasteiger partial charge on any atom is -0.382 e. The molecule has 0 bridgehead atoms. The Bertz CT molecular complexity index is 200. The van der Waals surface area contributed by atoms with Crippen LogP contribution in [0.5, 0.6) is 0 Å². The van der Waals surface area contributed by atoms with Crippen molar-refractivity contribution < 1.29 is 4.74 Å². The Balaban J connectivity index is 3.50. The molecule has 0 spiro atoms. The third kappa shape index (κ3) is 10.5. The highest BCUT2D eigenvalue weighted by Gasteiger charge is 2.07. The molecule has 4 heteroatoms. The van der Waals surface area contributed by atoms with Gasteiger partial charge in [0.15, 0.2) is 5.11 Å². The largest absolute Gasteiger partial charge is 0.382 e. The van der Waals surface area contributed by atoms with Crippen molar-refractivity contribution in [3.05, 3.63) is 0 Å². The number of thiocarbonyl (C=S) groups is 1. The Morgan fingerprint density at radius 3 is 2.59 bits per heavy atom. The van der Waals surface area contributed by atoms with Gasteiger partial charge < -0.3 is 15.4 Å². The summed E-state index contributed by atoms with van der Waals surface area (Å²) in [7, 11) is 0. The number of ether oxygens (including phenoxy) is 1. The Labute approximate surface area is 112 Å². The van der Waals surface area contributed by atoms with Gasteiger partial charge >= 0.3 is 0 Å². The van der Waals surface area contributed by atoms with E-state index in [9.17, 15) is 0 Å². The fourth-order valence-electron chi connectivity index (χ4n) is 1.62. The first-order chi connectivity index (χ1) is 8.10. The van der Waals surface area contributed by atoms with E-state index in [-0.39, 0.29) is 0 Å². The second kappa shape index (κ2) is 10.8. The lowest BCUT2D eigenvalue weighted by Gasteiger charge is -2.19.